The van der Waals surface area contributed by atoms with Crippen molar-refractivity contribution in [2.75, 3.05) is 13.1 Å². The number of carbonyl (C=O) groups excluding carboxylic acids is 3. The molecule has 3 atom stereocenters. The molecule has 0 aromatic rings. The van der Waals surface area contributed by atoms with Gasteiger partial charge >= 0.3 is 47.6 Å². The van der Waals surface area contributed by atoms with Crippen LogP contribution < -0.4 is 34.9 Å². The van der Waals surface area contributed by atoms with Gasteiger partial charge in [0.25, 0.3) is 5.91 Å². The van der Waals surface area contributed by atoms with E-state index in [4.69, 9.17) is 0 Å². The minimum atomic E-state index is -5.10. The Morgan fingerprint density at radius 1 is 1.35 bits per heavy atom. The molecule has 0 aromatic carbocycles. The third-order valence-corrected chi connectivity index (χ3v) is 4.70. The van der Waals surface area contributed by atoms with Crippen LogP contribution in [0.2, 0.25) is 0 Å². The predicted molar refractivity (Wildman–Crippen MR) is 74.8 cm³/mol. The van der Waals surface area contributed by atoms with Crippen molar-refractivity contribution in [3.63, 3.8) is 0 Å². The summed E-state index contributed by atoms with van der Waals surface area (Å²) >= 11 is 0. The van der Waals surface area contributed by atoms with Gasteiger partial charge in [0.15, 0.2) is 0 Å². The van der Waals surface area contributed by atoms with E-state index in [2.05, 4.69) is 5.32 Å². The first-order valence-corrected chi connectivity index (χ1v) is 7.44. The molecule has 0 radical (unpaired) electrons. The van der Waals surface area contributed by atoms with Crippen molar-refractivity contribution in [2.45, 2.75) is 31.6 Å². The van der Waals surface area contributed by atoms with E-state index in [0.717, 1.165) is 4.90 Å². The Hall–Kier alpha value is -1.59. The number of amides is 3. The number of carboxylic acids is 1. The van der Waals surface area contributed by atoms with Crippen molar-refractivity contribution >= 4 is 23.7 Å². The molecule has 3 heterocycles. The molecule has 3 aliphatic rings. The number of likely N-dealkylation sites (tertiary alicyclic amines) is 1. The predicted octanol–water partition coefficient (Wildman–Crippen LogP) is -3.42. The van der Waals surface area contributed by atoms with E-state index < -0.39 is 47.9 Å². The monoisotopic (exact) mass is 385 g/mol. The van der Waals surface area contributed by atoms with Crippen LogP contribution in [0.4, 0.5) is 13.2 Å². The van der Waals surface area contributed by atoms with Crippen LogP contribution in [0.25, 0.3) is 0 Å². The molecule has 0 bridgehead atoms. The summed E-state index contributed by atoms with van der Waals surface area (Å²) in [6, 6.07) is -2.05. The minimum Gasteiger partial charge on any atom is -1.00 e. The first kappa shape index (κ1) is 20.7. The molecule has 8 nitrogen and oxygen atoms in total. The summed E-state index contributed by atoms with van der Waals surface area (Å²) in [5, 5.41) is 11.8. The molecule has 26 heavy (non-hydrogen) atoms. The Kier molecular flexibility index (Phi) is 5.46. The van der Waals surface area contributed by atoms with Crippen molar-refractivity contribution < 1.29 is 68.4 Å². The molecule has 0 saturated carbocycles. The van der Waals surface area contributed by atoms with Gasteiger partial charge in [0, 0.05) is 25.9 Å². The fraction of sp³-hybridized carbons (Fsp3) is 0.571. The van der Waals surface area contributed by atoms with E-state index in [1.165, 1.54) is 6.92 Å². The summed E-state index contributed by atoms with van der Waals surface area (Å²) in [4.78, 5) is 47.8. The molecule has 3 rings (SSSR count). The summed E-state index contributed by atoms with van der Waals surface area (Å²) in [6.07, 6.45) is -5.01. The number of carboxylic acid groups (broad SMARTS) is 1. The number of halogens is 3. The molecule has 3 aliphatic heterocycles. The molecule has 2 N–H and O–H groups in total. The molecule has 0 spiro atoms. The number of carbonyl (C=O) groups is 4. The number of β-lactam (4-membered cyclic amide) rings is 1. The molecular formula is C14H15F3N3NaO5. The van der Waals surface area contributed by atoms with Crippen molar-refractivity contribution in [3.8, 4) is 0 Å². The zero-order valence-electron chi connectivity index (χ0n) is 15.0. The molecule has 12 heteroatoms. The number of nitrogens with zero attached hydrogens (tertiary/aromatic N) is 2. The first-order valence-electron chi connectivity index (χ1n) is 7.44. The molecule has 2 fully saturated rings. The summed E-state index contributed by atoms with van der Waals surface area (Å²) in [5.74, 6) is -5.25. The van der Waals surface area contributed by atoms with E-state index in [9.17, 15) is 37.5 Å². The second-order valence-corrected chi connectivity index (χ2v) is 6.23. The van der Waals surface area contributed by atoms with E-state index in [1.807, 2.05) is 0 Å². The van der Waals surface area contributed by atoms with Gasteiger partial charge < -0.3 is 16.7 Å². The zero-order valence-corrected chi connectivity index (χ0v) is 16.0. The Morgan fingerprint density at radius 3 is 2.46 bits per heavy atom. The van der Waals surface area contributed by atoms with Crippen molar-refractivity contribution in [1.82, 2.24) is 15.1 Å². The Morgan fingerprint density at radius 2 is 1.96 bits per heavy atom. The van der Waals surface area contributed by atoms with Gasteiger partial charge in [0.2, 0.25) is 5.91 Å². The molecular weight excluding hydrogens is 370 g/mol. The number of aliphatic carboxylic acids is 1. The van der Waals surface area contributed by atoms with E-state index in [1.54, 1.807) is 0 Å². The van der Waals surface area contributed by atoms with Crippen LogP contribution in [-0.4, -0.2) is 69.9 Å². The van der Waals surface area contributed by atoms with Gasteiger partial charge in [-0.2, -0.15) is 13.2 Å². The number of rotatable bonds is 3. The van der Waals surface area contributed by atoms with Gasteiger partial charge in [-0.15, -0.1) is 0 Å². The SMILES string of the molecule is CC(=O)NCC1=C(C(=O)O)N2C(=O)[C@@H]3[C@H]2[C@H](C1)CN3C(=O)C(F)(F)F.[H-].[Na+]. The van der Waals surface area contributed by atoms with E-state index >= 15 is 0 Å². The summed E-state index contributed by atoms with van der Waals surface area (Å²) < 4.78 is 38.2. The fourth-order valence-electron chi connectivity index (χ4n) is 3.80. The van der Waals surface area contributed by atoms with E-state index in [-0.39, 0.29) is 61.8 Å². The van der Waals surface area contributed by atoms with Crippen molar-refractivity contribution in [2.24, 2.45) is 5.92 Å². The largest absolute Gasteiger partial charge is 1.00 e. The van der Waals surface area contributed by atoms with Crippen LogP contribution in [0.3, 0.4) is 0 Å². The average molecular weight is 385 g/mol. The van der Waals surface area contributed by atoms with Gasteiger partial charge in [0.05, 0.1) is 6.04 Å². The second-order valence-electron chi connectivity index (χ2n) is 6.23. The third kappa shape index (κ3) is 3.12. The minimum absolute atomic E-state index is 0. The summed E-state index contributed by atoms with van der Waals surface area (Å²) in [7, 11) is 0. The zero-order chi connectivity index (χ0) is 18.7. The fourth-order valence-corrected chi connectivity index (χ4v) is 3.80. The molecule has 0 unspecified atom stereocenters. The Labute approximate surface area is 169 Å². The first-order chi connectivity index (χ1) is 11.5. The van der Waals surface area contributed by atoms with Gasteiger partial charge in [-0.3, -0.25) is 19.3 Å². The smallest absolute Gasteiger partial charge is 1.00 e. The van der Waals surface area contributed by atoms with Gasteiger partial charge in [0.1, 0.15) is 11.7 Å². The van der Waals surface area contributed by atoms with Gasteiger partial charge in [-0.05, 0) is 12.0 Å². The molecule has 2 saturated heterocycles. The summed E-state index contributed by atoms with van der Waals surface area (Å²) in [6.45, 7) is 0.824. The molecule has 0 aliphatic carbocycles. The molecule has 138 valence electrons. The maximum absolute atomic E-state index is 12.7. The van der Waals surface area contributed by atoms with Crippen molar-refractivity contribution in [1.29, 1.82) is 0 Å². The number of alkyl halides is 3. The standard InChI is InChI=1S/C14H14F3N3O5.Na.H/c1-5(21)18-3-6-2-7-4-19(13(25)14(15,16)17)10-8(7)20(11(10)22)9(6)12(23)24;;/h7-8,10H,2-4H2,1H3,(H,18,21)(H,23,24);;/q;+1;-1/t7-,8-,10+;;/m1../s1. The van der Waals surface area contributed by atoms with Crippen LogP contribution in [0, 0.1) is 5.92 Å². The third-order valence-electron chi connectivity index (χ3n) is 4.70. The van der Waals surface area contributed by atoms with Gasteiger partial charge in [-0.25, -0.2) is 4.79 Å². The average Bonchev–Trinajstić information content (AvgIpc) is 2.85. The topological polar surface area (TPSA) is 107 Å². The van der Waals surface area contributed by atoms with Crippen LogP contribution in [0.15, 0.2) is 11.3 Å². The molecule has 3 amide bonds. The second kappa shape index (κ2) is 6.86. The normalized spacial score (nSPS) is 26.8. The quantitative estimate of drug-likeness (QED) is 0.389. The maximum atomic E-state index is 12.7. The van der Waals surface area contributed by atoms with E-state index in [0.29, 0.717) is 4.90 Å². The Balaban J connectivity index is 0.00000182. The van der Waals surface area contributed by atoms with Crippen LogP contribution in [-0.2, 0) is 19.2 Å². The number of hydrogen-bond acceptors (Lipinski definition) is 4. The van der Waals surface area contributed by atoms with Crippen molar-refractivity contribution in [3.05, 3.63) is 11.3 Å². The van der Waals surface area contributed by atoms with Crippen LogP contribution >= 0.6 is 0 Å². The van der Waals surface area contributed by atoms with Crippen LogP contribution in [0.5, 0.6) is 0 Å². The van der Waals surface area contributed by atoms with Gasteiger partial charge in [-0.1, -0.05) is 0 Å². The van der Waals surface area contributed by atoms with Crippen LogP contribution in [0.1, 0.15) is 14.8 Å². The summed E-state index contributed by atoms with van der Waals surface area (Å²) in [5.41, 5.74) is -0.0744. The number of hydrogen-bond donors (Lipinski definition) is 2. The maximum Gasteiger partial charge on any atom is 1.00 e. The molecule has 0 aromatic heterocycles. The number of nitrogens with one attached hydrogen (secondary N) is 1. The Bertz CT molecular complexity index is 729.